The maximum atomic E-state index is 12.9. The topological polar surface area (TPSA) is 105 Å². The van der Waals surface area contributed by atoms with E-state index in [1.807, 2.05) is 17.4 Å². The summed E-state index contributed by atoms with van der Waals surface area (Å²) < 4.78 is 50.1. The number of carbonyl (C=O) groups excluding carboxylic acids is 2. The molecule has 3 atom stereocenters. The van der Waals surface area contributed by atoms with Crippen LogP contribution >= 0.6 is 0 Å². The lowest BCUT2D eigenvalue weighted by atomic mass is 10.00. The Bertz CT molecular complexity index is 1150. The molecule has 11 heteroatoms. The summed E-state index contributed by atoms with van der Waals surface area (Å²) in [5, 5.41) is 11.1. The molecule has 2 N–H and O–H groups in total. The highest BCUT2D eigenvalue weighted by molar-refractivity contribution is 5.89. The lowest BCUT2D eigenvalue weighted by Crippen LogP contribution is -2.45. The molecule has 1 saturated carbocycles. The number of hydrogen-bond acceptors (Lipinski definition) is 5. The summed E-state index contributed by atoms with van der Waals surface area (Å²) in [5.41, 5.74) is 1.95. The minimum atomic E-state index is -5.03. The van der Waals surface area contributed by atoms with Gasteiger partial charge in [0.1, 0.15) is 18.0 Å². The fourth-order valence-corrected chi connectivity index (χ4v) is 4.44. The van der Waals surface area contributed by atoms with Gasteiger partial charge in [0.2, 0.25) is 0 Å². The number of rotatable bonds is 8. The smallest absolute Gasteiger partial charge is 0.471 e. The first-order valence-corrected chi connectivity index (χ1v) is 12.4. The van der Waals surface area contributed by atoms with Crippen LogP contribution in [0.1, 0.15) is 66.1 Å². The Balaban J connectivity index is 1.45. The molecule has 38 heavy (non-hydrogen) atoms. The van der Waals surface area contributed by atoms with Gasteiger partial charge in [-0.05, 0) is 73.9 Å². The van der Waals surface area contributed by atoms with Crippen LogP contribution in [-0.4, -0.2) is 59.4 Å². The van der Waals surface area contributed by atoms with Crippen molar-refractivity contribution in [3.05, 3.63) is 65.2 Å². The lowest BCUT2D eigenvalue weighted by molar-refractivity contribution is -0.174. The Morgan fingerprint density at radius 1 is 1.03 bits per heavy atom. The number of hydrogen-bond donors (Lipinski definition) is 2. The van der Waals surface area contributed by atoms with Crippen LogP contribution < -0.4 is 10.1 Å². The van der Waals surface area contributed by atoms with E-state index in [1.54, 1.807) is 12.1 Å². The number of nitrogens with zero attached hydrogens (tertiary/aromatic N) is 1. The second-order valence-corrected chi connectivity index (χ2v) is 9.66. The van der Waals surface area contributed by atoms with E-state index in [-0.39, 0.29) is 17.9 Å². The molecule has 1 aliphatic carbocycles. The van der Waals surface area contributed by atoms with E-state index in [9.17, 15) is 27.6 Å². The van der Waals surface area contributed by atoms with Gasteiger partial charge in [0.15, 0.2) is 0 Å². The number of nitrogens with one attached hydrogen (secondary N) is 1. The predicted octanol–water partition coefficient (Wildman–Crippen LogP) is 5.05. The van der Waals surface area contributed by atoms with E-state index in [1.165, 1.54) is 36.1 Å². The number of halogens is 3. The fraction of sp³-hybridized carbons (Fsp3) is 0.444. The van der Waals surface area contributed by atoms with Crippen LogP contribution in [0.15, 0.2) is 48.5 Å². The van der Waals surface area contributed by atoms with Gasteiger partial charge in [-0.1, -0.05) is 24.3 Å². The third-order valence-electron chi connectivity index (χ3n) is 6.66. The molecule has 2 fully saturated rings. The van der Waals surface area contributed by atoms with Crippen LogP contribution in [0.5, 0.6) is 5.75 Å². The third-order valence-corrected chi connectivity index (χ3v) is 6.66. The van der Waals surface area contributed by atoms with E-state index in [0.717, 1.165) is 18.4 Å². The summed E-state index contributed by atoms with van der Waals surface area (Å²) in [6.07, 6.45) is -4.24. The normalized spacial score (nSPS) is 19.3. The number of ether oxygens (including phenoxy) is 2. The lowest BCUT2D eigenvalue weighted by Gasteiger charge is -2.30. The zero-order valence-electron chi connectivity index (χ0n) is 20.7. The summed E-state index contributed by atoms with van der Waals surface area (Å²) in [6, 6.07) is 12.3. The molecule has 2 amide bonds. The van der Waals surface area contributed by atoms with Gasteiger partial charge in [-0.3, -0.25) is 4.79 Å². The van der Waals surface area contributed by atoms with E-state index in [2.05, 4.69) is 0 Å². The highest BCUT2D eigenvalue weighted by Gasteiger charge is 2.40. The molecule has 0 radical (unpaired) electrons. The number of carboxylic acid groups (broad SMARTS) is 1. The first-order chi connectivity index (χ1) is 18.0. The van der Waals surface area contributed by atoms with Gasteiger partial charge in [0.05, 0.1) is 18.2 Å². The summed E-state index contributed by atoms with van der Waals surface area (Å²) in [5.74, 6) is -1.90. The van der Waals surface area contributed by atoms with Gasteiger partial charge >= 0.3 is 24.1 Å². The molecular formula is C27H29F3N2O6. The molecule has 8 nitrogen and oxygen atoms in total. The Morgan fingerprint density at radius 2 is 1.68 bits per heavy atom. The van der Waals surface area contributed by atoms with Crippen molar-refractivity contribution in [2.75, 3.05) is 13.1 Å². The molecule has 1 saturated heterocycles. The maximum Gasteiger partial charge on any atom is 0.471 e. The number of likely N-dealkylation sites (tertiary alicyclic amines) is 1. The molecule has 2 aromatic rings. The van der Waals surface area contributed by atoms with Gasteiger partial charge in [0.25, 0.3) is 0 Å². The van der Waals surface area contributed by atoms with Crippen molar-refractivity contribution in [1.29, 1.82) is 0 Å². The molecule has 0 bridgehead atoms. The van der Waals surface area contributed by atoms with Crippen molar-refractivity contribution >= 4 is 18.0 Å². The number of esters is 1. The second kappa shape index (κ2) is 11.3. The van der Waals surface area contributed by atoms with Crippen LogP contribution in [0.2, 0.25) is 0 Å². The molecule has 0 spiro atoms. The Labute approximate surface area is 217 Å². The minimum Gasteiger partial charge on any atom is -0.484 e. The number of piperidine rings is 1. The molecular weight excluding hydrogens is 505 g/mol. The van der Waals surface area contributed by atoms with Crippen LogP contribution in [0, 0.1) is 0 Å². The molecule has 0 unspecified atom stereocenters. The highest BCUT2D eigenvalue weighted by atomic mass is 19.4. The Hall–Kier alpha value is -3.76. The molecule has 204 valence electrons. The van der Waals surface area contributed by atoms with E-state index < -0.39 is 42.4 Å². The largest absolute Gasteiger partial charge is 0.484 e. The highest BCUT2D eigenvalue weighted by Crippen LogP contribution is 2.40. The zero-order chi connectivity index (χ0) is 27.4. The van der Waals surface area contributed by atoms with Gasteiger partial charge in [-0.2, -0.15) is 13.2 Å². The standard InChI is InChI=1S/C27H29F3N2O6/c1-16(31-25(34)27(28,29)30)23(19-8-6-18(7-9-19)17-4-5-17)37-21-12-10-20(11-13-21)24(33)38-22-3-2-14-32(15-22)26(35)36/h6-13,16-17,22-23H,2-5,14-15H2,1H3,(H,31,34)(H,35,36)/t16-,22-,23-/m0/s1. The average Bonchev–Trinajstić information content (AvgIpc) is 3.73. The summed E-state index contributed by atoms with van der Waals surface area (Å²) >= 11 is 0. The summed E-state index contributed by atoms with van der Waals surface area (Å²) in [4.78, 5) is 36.5. The molecule has 2 aromatic carbocycles. The van der Waals surface area contributed by atoms with Gasteiger partial charge < -0.3 is 24.8 Å². The van der Waals surface area contributed by atoms with Crippen molar-refractivity contribution in [3.63, 3.8) is 0 Å². The van der Waals surface area contributed by atoms with Crippen LogP contribution in [-0.2, 0) is 9.53 Å². The third kappa shape index (κ3) is 6.96. The number of alkyl halides is 3. The number of amides is 2. The SMILES string of the molecule is C[C@H](NC(=O)C(F)(F)F)[C@H](Oc1ccc(C(=O)O[C@H]2CCCN(C(=O)O)C2)cc1)c1ccc(C2CC2)cc1. The van der Waals surface area contributed by atoms with Crippen molar-refractivity contribution < 1.29 is 42.1 Å². The number of benzene rings is 2. The minimum absolute atomic E-state index is 0.102. The van der Waals surface area contributed by atoms with Gasteiger partial charge in [-0.15, -0.1) is 0 Å². The van der Waals surface area contributed by atoms with Crippen molar-refractivity contribution in [2.24, 2.45) is 0 Å². The van der Waals surface area contributed by atoms with Crippen LogP contribution in [0.3, 0.4) is 0 Å². The van der Waals surface area contributed by atoms with Gasteiger partial charge in [-0.25, -0.2) is 9.59 Å². The number of carbonyl (C=O) groups is 3. The summed E-state index contributed by atoms with van der Waals surface area (Å²) in [7, 11) is 0. The van der Waals surface area contributed by atoms with Crippen molar-refractivity contribution in [2.45, 2.75) is 63.0 Å². The van der Waals surface area contributed by atoms with Crippen LogP contribution in [0.4, 0.5) is 18.0 Å². The van der Waals surface area contributed by atoms with E-state index >= 15 is 0 Å². The molecule has 1 heterocycles. The Kier molecular flexibility index (Phi) is 8.13. The average molecular weight is 535 g/mol. The predicted molar refractivity (Wildman–Crippen MR) is 130 cm³/mol. The molecule has 4 rings (SSSR count). The molecule has 2 aliphatic rings. The van der Waals surface area contributed by atoms with E-state index in [0.29, 0.717) is 30.9 Å². The second-order valence-electron chi connectivity index (χ2n) is 9.66. The zero-order valence-corrected chi connectivity index (χ0v) is 20.7. The van der Waals surface area contributed by atoms with Crippen molar-refractivity contribution in [3.8, 4) is 5.75 Å². The van der Waals surface area contributed by atoms with Gasteiger partial charge in [0, 0.05) is 6.54 Å². The van der Waals surface area contributed by atoms with Crippen LogP contribution in [0.25, 0.3) is 0 Å². The molecule has 0 aromatic heterocycles. The van der Waals surface area contributed by atoms with Crippen molar-refractivity contribution in [1.82, 2.24) is 10.2 Å². The fourth-order valence-electron chi connectivity index (χ4n) is 4.44. The van der Waals surface area contributed by atoms with E-state index in [4.69, 9.17) is 14.6 Å². The maximum absolute atomic E-state index is 12.9. The quantitative estimate of drug-likeness (QED) is 0.460. The monoisotopic (exact) mass is 534 g/mol. The Morgan fingerprint density at radius 3 is 2.26 bits per heavy atom. The first-order valence-electron chi connectivity index (χ1n) is 12.4. The first kappa shape index (κ1) is 27.3. The summed E-state index contributed by atoms with van der Waals surface area (Å²) in [6.45, 7) is 1.92. The molecule has 1 aliphatic heterocycles.